The second kappa shape index (κ2) is 8.21. The number of benzene rings is 2. The standard InChI is InChI=1S/C19H16F3NO2S/c1-15-8-10-16(11-9-15)12-14-26(24,25)23-13-4-6-17-5-2-3-7-18(17)19(20,21)22/h2-3,5,7-12,14,23H,13H2,1H3/b14-12+. The molecule has 0 bridgehead atoms. The summed E-state index contributed by atoms with van der Waals surface area (Å²) in [6, 6.07) is 12.1. The Balaban J connectivity index is 2.02. The van der Waals surface area contributed by atoms with E-state index in [1.54, 1.807) is 12.1 Å². The van der Waals surface area contributed by atoms with Crippen LogP contribution >= 0.6 is 0 Å². The van der Waals surface area contributed by atoms with Crippen molar-refractivity contribution in [2.45, 2.75) is 13.1 Å². The summed E-state index contributed by atoms with van der Waals surface area (Å²) in [4.78, 5) is 0. The van der Waals surface area contributed by atoms with Gasteiger partial charge in [-0.25, -0.2) is 8.42 Å². The molecule has 0 fully saturated rings. The van der Waals surface area contributed by atoms with Crippen LogP contribution < -0.4 is 4.72 Å². The molecular weight excluding hydrogens is 363 g/mol. The molecular formula is C19H16F3NO2S. The minimum atomic E-state index is -4.51. The van der Waals surface area contributed by atoms with Crippen molar-refractivity contribution >= 4 is 16.1 Å². The molecule has 136 valence electrons. The van der Waals surface area contributed by atoms with Crippen molar-refractivity contribution in [2.75, 3.05) is 6.54 Å². The molecule has 26 heavy (non-hydrogen) atoms. The number of hydrogen-bond donors (Lipinski definition) is 1. The van der Waals surface area contributed by atoms with Crippen molar-refractivity contribution in [3.8, 4) is 11.8 Å². The van der Waals surface area contributed by atoms with Crippen LogP contribution in [0.4, 0.5) is 13.2 Å². The van der Waals surface area contributed by atoms with Gasteiger partial charge in [0.2, 0.25) is 10.0 Å². The highest BCUT2D eigenvalue weighted by atomic mass is 32.2. The lowest BCUT2D eigenvalue weighted by Gasteiger charge is -2.08. The summed E-state index contributed by atoms with van der Waals surface area (Å²) in [6.07, 6.45) is -3.09. The highest BCUT2D eigenvalue weighted by Crippen LogP contribution is 2.31. The maximum absolute atomic E-state index is 12.8. The van der Waals surface area contributed by atoms with Crippen molar-refractivity contribution in [2.24, 2.45) is 0 Å². The van der Waals surface area contributed by atoms with E-state index in [2.05, 4.69) is 16.6 Å². The van der Waals surface area contributed by atoms with E-state index in [4.69, 9.17) is 0 Å². The van der Waals surface area contributed by atoms with E-state index in [9.17, 15) is 21.6 Å². The smallest absolute Gasteiger partial charge is 0.208 e. The Morgan fingerprint density at radius 1 is 1.08 bits per heavy atom. The van der Waals surface area contributed by atoms with Crippen LogP contribution in [0.2, 0.25) is 0 Å². The summed E-state index contributed by atoms with van der Waals surface area (Å²) in [5.41, 5.74) is 0.715. The minimum absolute atomic E-state index is 0.200. The lowest BCUT2D eigenvalue weighted by molar-refractivity contribution is -0.137. The van der Waals surface area contributed by atoms with Crippen molar-refractivity contribution < 1.29 is 21.6 Å². The van der Waals surface area contributed by atoms with E-state index in [1.807, 2.05) is 19.1 Å². The number of rotatable bonds is 4. The van der Waals surface area contributed by atoms with Gasteiger partial charge in [0.25, 0.3) is 0 Å². The summed E-state index contributed by atoms with van der Waals surface area (Å²) < 4.78 is 64.5. The first-order valence-electron chi connectivity index (χ1n) is 7.57. The van der Waals surface area contributed by atoms with E-state index in [0.29, 0.717) is 5.56 Å². The monoisotopic (exact) mass is 379 g/mol. The van der Waals surface area contributed by atoms with E-state index in [-0.39, 0.29) is 12.1 Å². The molecule has 2 aromatic carbocycles. The highest BCUT2D eigenvalue weighted by Gasteiger charge is 2.32. The molecule has 0 atom stereocenters. The van der Waals surface area contributed by atoms with E-state index >= 15 is 0 Å². The summed E-state index contributed by atoms with van der Waals surface area (Å²) >= 11 is 0. The molecule has 2 rings (SSSR count). The van der Waals surface area contributed by atoms with Crippen LogP contribution in [0.1, 0.15) is 22.3 Å². The third-order valence-corrected chi connectivity index (χ3v) is 4.38. The average molecular weight is 379 g/mol. The van der Waals surface area contributed by atoms with Crippen molar-refractivity contribution in [1.82, 2.24) is 4.72 Å². The van der Waals surface area contributed by atoms with Crippen molar-refractivity contribution in [3.63, 3.8) is 0 Å². The molecule has 0 heterocycles. The molecule has 0 radical (unpaired) electrons. The van der Waals surface area contributed by atoms with E-state index in [0.717, 1.165) is 17.0 Å². The molecule has 0 spiro atoms. The third kappa shape index (κ3) is 6.06. The summed E-state index contributed by atoms with van der Waals surface area (Å²) in [5.74, 6) is 4.75. The molecule has 2 aromatic rings. The largest absolute Gasteiger partial charge is 0.417 e. The molecule has 0 aliphatic rings. The van der Waals surface area contributed by atoms with Gasteiger partial charge in [-0.15, -0.1) is 0 Å². The molecule has 0 aliphatic heterocycles. The fourth-order valence-electron chi connectivity index (χ4n) is 2.01. The normalized spacial score (nSPS) is 12.0. The molecule has 7 heteroatoms. The predicted octanol–water partition coefficient (Wildman–Crippen LogP) is 3.96. The Bertz CT molecular complexity index is 951. The molecule has 3 nitrogen and oxygen atoms in total. The van der Waals surface area contributed by atoms with Crippen LogP contribution in [0, 0.1) is 18.8 Å². The molecule has 0 aliphatic carbocycles. The Kier molecular flexibility index (Phi) is 6.24. The number of halogens is 3. The number of nitrogens with one attached hydrogen (secondary N) is 1. The van der Waals surface area contributed by atoms with Crippen LogP contribution in [0.25, 0.3) is 6.08 Å². The fraction of sp³-hybridized carbons (Fsp3) is 0.158. The molecule has 0 saturated heterocycles. The zero-order valence-electron chi connectivity index (χ0n) is 13.8. The molecule has 0 unspecified atom stereocenters. The van der Waals surface area contributed by atoms with Crippen LogP contribution in [-0.2, 0) is 16.2 Å². The summed E-state index contributed by atoms with van der Waals surface area (Å²) in [6.45, 7) is 1.62. The molecule has 0 saturated carbocycles. The number of aryl methyl sites for hydroxylation is 1. The SMILES string of the molecule is Cc1ccc(/C=C/S(=O)(=O)NCC#Cc2ccccc2C(F)(F)F)cc1. The number of sulfonamides is 1. The lowest BCUT2D eigenvalue weighted by atomic mass is 10.1. The van der Waals surface area contributed by atoms with Gasteiger partial charge in [0, 0.05) is 11.0 Å². The highest BCUT2D eigenvalue weighted by molar-refractivity contribution is 7.92. The van der Waals surface area contributed by atoms with Gasteiger partial charge in [-0.1, -0.05) is 53.8 Å². The maximum Gasteiger partial charge on any atom is 0.417 e. The minimum Gasteiger partial charge on any atom is -0.208 e. The van der Waals surface area contributed by atoms with Gasteiger partial charge in [0.05, 0.1) is 12.1 Å². The Morgan fingerprint density at radius 3 is 2.38 bits per heavy atom. The Hall–Kier alpha value is -2.56. The van der Waals surface area contributed by atoms with Gasteiger partial charge < -0.3 is 0 Å². The molecule has 0 amide bonds. The topological polar surface area (TPSA) is 46.2 Å². The third-order valence-electron chi connectivity index (χ3n) is 3.33. The van der Waals surface area contributed by atoms with Crippen LogP contribution in [0.5, 0.6) is 0 Å². The van der Waals surface area contributed by atoms with Crippen molar-refractivity contribution in [3.05, 3.63) is 76.2 Å². The summed E-state index contributed by atoms with van der Waals surface area (Å²) in [5, 5.41) is 0.989. The van der Waals surface area contributed by atoms with Gasteiger partial charge in [0.1, 0.15) is 0 Å². The van der Waals surface area contributed by atoms with Crippen LogP contribution in [-0.4, -0.2) is 15.0 Å². The van der Waals surface area contributed by atoms with E-state index < -0.39 is 21.8 Å². The summed E-state index contributed by atoms with van der Waals surface area (Å²) in [7, 11) is -3.74. The zero-order valence-corrected chi connectivity index (χ0v) is 14.7. The van der Waals surface area contributed by atoms with Gasteiger partial charge in [-0.3, -0.25) is 0 Å². The zero-order chi connectivity index (χ0) is 19.2. The maximum atomic E-state index is 12.8. The van der Waals surface area contributed by atoms with Gasteiger partial charge in [-0.2, -0.15) is 17.9 Å². The average Bonchev–Trinajstić information content (AvgIpc) is 2.58. The van der Waals surface area contributed by atoms with Crippen LogP contribution in [0.3, 0.4) is 0 Å². The number of alkyl halides is 3. The Labute approximate surface area is 150 Å². The van der Waals surface area contributed by atoms with Crippen molar-refractivity contribution in [1.29, 1.82) is 0 Å². The molecule has 1 N–H and O–H groups in total. The predicted molar refractivity (Wildman–Crippen MR) is 95.5 cm³/mol. The van der Waals surface area contributed by atoms with Gasteiger partial charge in [-0.05, 0) is 30.7 Å². The first kappa shape index (κ1) is 19.8. The van der Waals surface area contributed by atoms with Crippen LogP contribution in [0.15, 0.2) is 53.9 Å². The Morgan fingerprint density at radius 2 is 1.73 bits per heavy atom. The first-order chi connectivity index (χ1) is 12.2. The lowest BCUT2D eigenvalue weighted by Crippen LogP contribution is -2.21. The quantitative estimate of drug-likeness (QED) is 0.818. The fourth-order valence-corrected chi connectivity index (χ4v) is 2.72. The second-order valence-electron chi connectivity index (χ2n) is 5.42. The second-order valence-corrected chi connectivity index (χ2v) is 7.08. The van der Waals surface area contributed by atoms with E-state index in [1.165, 1.54) is 24.3 Å². The number of hydrogen-bond acceptors (Lipinski definition) is 2. The van der Waals surface area contributed by atoms with Gasteiger partial charge in [0.15, 0.2) is 0 Å². The van der Waals surface area contributed by atoms with Gasteiger partial charge >= 0.3 is 6.18 Å². The first-order valence-corrected chi connectivity index (χ1v) is 9.11. The molecule has 0 aromatic heterocycles.